The molecule has 1 heterocycles. The van der Waals surface area contributed by atoms with Gasteiger partial charge in [0.15, 0.2) is 6.10 Å². The number of Topliss-reactive ketones (excluding diaryl/α,β-unsaturated/α-hetero) is 1. The number of hydrogen-bond donors (Lipinski definition) is 1. The van der Waals surface area contributed by atoms with Gasteiger partial charge < -0.3 is 10.1 Å². The monoisotopic (exact) mass is 291 g/mol. The number of carbonyl (C=O) groups excluding carboxylic acids is 2. The van der Waals surface area contributed by atoms with Crippen LogP contribution in [0, 0.1) is 0 Å². The molecular formula is C12H9F4NO3. The van der Waals surface area contributed by atoms with Crippen LogP contribution in [0.5, 0.6) is 5.75 Å². The van der Waals surface area contributed by atoms with Crippen LogP contribution in [-0.2, 0) is 4.79 Å². The van der Waals surface area contributed by atoms with E-state index >= 15 is 0 Å². The van der Waals surface area contributed by atoms with Gasteiger partial charge in [-0.05, 0) is 25.1 Å². The van der Waals surface area contributed by atoms with E-state index in [1.165, 1.54) is 13.0 Å². The van der Waals surface area contributed by atoms with E-state index in [9.17, 15) is 27.2 Å². The molecule has 1 N–H and O–H groups in total. The van der Waals surface area contributed by atoms with Gasteiger partial charge in [0.1, 0.15) is 5.75 Å². The third-order valence-corrected chi connectivity index (χ3v) is 2.75. The number of hydrogen-bond acceptors (Lipinski definition) is 3. The Morgan fingerprint density at radius 2 is 2.05 bits per heavy atom. The van der Waals surface area contributed by atoms with Gasteiger partial charge in [0.2, 0.25) is 5.78 Å². The molecule has 1 atom stereocenters. The summed E-state index contributed by atoms with van der Waals surface area (Å²) >= 11 is 0. The minimum absolute atomic E-state index is 0.0102. The Balaban J connectivity index is 2.35. The highest BCUT2D eigenvalue weighted by atomic mass is 19.3. The van der Waals surface area contributed by atoms with E-state index in [-0.39, 0.29) is 11.4 Å². The number of anilines is 1. The molecule has 1 aromatic carbocycles. The Bertz CT molecular complexity index is 574. The topological polar surface area (TPSA) is 55.4 Å². The van der Waals surface area contributed by atoms with Gasteiger partial charge in [-0.25, -0.2) is 8.78 Å². The lowest BCUT2D eigenvalue weighted by Gasteiger charge is -2.24. The largest absolute Gasteiger partial charge is 0.479 e. The van der Waals surface area contributed by atoms with Crippen molar-refractivity contribution in [1.82, 2.24) is 0 Å². The summed E-state index contributed by atoms with van der Waals surface area (Å²) in [5.74, 6) is -7.14. The lowest BCUT2D eigenvalue weighted by Crippen LogP contribution is -2.37. The Kier molecular flexibility index (Phi) is 3.41. The average molecular weight is 291 g/mol. The van der Waals surface area contributed by atoms with E-state index in [1.807, 2.05) is 0 Å². The van der Waals surface area contributed by atoms with Crippen molar-refractivity contribution in [2.45, 2.75) is 25.4 Å². The molecule has 0 fully saturated rings. The van der Waals surface area contributed by atoms with E-state index in [2.05, 4.69) is 5.32 Å². The number of carbonyl (C=O) groups is 2. The first-order valence-corrected chi connectivity index (χ1v) is 5.56. The molecule has 0 spiro atoms. The van der Waals surface area contributed by atoms with Crippen LogP contribution in [0.25, 0.3) is 0 Å². The number of fused-ring (bicyclic) bond motifs is 1. The molecule has 1 unspecified atom stereocenters. The molecule has 1 aliphatic heterocycles. The first-order chi connectivity index (χ1) is 9.23. The molecule has 2 rings (SSSR count). The fourth-order valence-electron chi connectivity index (χ4n) is 1.64. The smallest absolute Gasteiger partial charge is 0.368 e. The Labute approximate surface area is 110 Å². The first-order valence-electron chi connectivity index (χ1n) is 5.56. The van der Waals surface area contributed by atoms with Crippen molar-refractivity contribution in [3.05, 3.63) is 23.8 Å². The van der Waals surface area contributed by atoms with Crippen LogP contribution in [0.4, 0.5) is 23.2 Å². The molecule has 0 aromatic heterocycles. The van der Waals surface area contributed by atoms with Crippen molar-refractivity contribution in [1.29, 1.82) is 0 Å². The number of benzene rings is 1. The quantitative estimate of drug-likeness (QED) is 0.687. The number of amides is 1. The second-order valence-electron chi connectivity index (χ2n) is 4.21. The molecule has 1 aromatic rings. The van der Waals surface area contributed by atoms with Crippen molar-refractivity contribution in [2.75, 3.05) is 5.32 Å². The molecule has 1 amide bonds. The summed E-state index contributed by atoms with van der Waals surface area (Å²) in [6.45, 7) is 1.47. The van der Waals surface area contributed by atoms with Crippen molar-refractivity contribution in [3.8, 4) is 5.75 Å². The van der Waals surface area contributed by atoms with Crippen LogP contribution >= 0.6 is 0 Å². The number of halogens is 4. The number of ether oxygens (including phenoxy) is 1. The lowest BCUT2D eigenvalue weighted by atomic mass is 10.0. The number of nitrogens with one attached hydrogen (secondary N) is 1. The van der Waals surface area contributed by atoms with E-state index in [4.69, 9.17) is 4.74 Å². The summed E-state index contributed by atoms with van der Waals surface area (Å²) in [4.78, 5) is 22.7. The summed E-state index contributed by atoms with van der Waals surface area (Å²) in [5.41, 5.74) is -0.642. The Morgan fingerprint density at radius 3 is 2.65 bits per heavy atom. The standard InChI is InChI=1S/C12H9F4NO3/c1-5-10(19)17-7-4-6(2-3-8(7)20-5)9(18)12(15,16)11(13)14/h2-5,11H,1H3,(H,17,19). The predicted octanol–water partition coefficient (Wildman–Crippen LogP) is 2.49. The van der Waals surface area contributed by atoms with Crippen LogP contribution in [0.1, 0.15) is 17.3 Å². The zero-order valence-electron chi connectivity index (χ0n) is 10.1. The summed E-state index contributed by atoms with van der Waals surface area (Å²) in [5, 5.41) is 2.34. The minimum Gasteiger partial charge on any atom is -0.479 e. The molecule has 0 saturated heterocycles. The molecular weight excluding hydrogens is 282 g/mol. The van der Waals surface area contributed by atoms with Gasteiger partial charge in [0.25, 0.3) is 5.91 Å². The predicted molar refractivity (Wildman–Crippen MR) is 60.4 cm³/mol. The van der Waals surface area contributed by atoms with E-state index in [1.54, 1.807) is 0 Å². The van der Waals surface area contributed by atoms with Gasteiger partial charge in [-0.2, -0.15) is 8.78 Å². The van der Waals surface area contributed by atoms with Crippen LogP contribution in [0.15, 0.2) is 18.2 Å². The number of ketones is 1. The second-order valence-corrected chi connectivity index (χ2v) is 4.21. The van der Waals surface area contributed by atoms with E-state index < -0.39 is 35.7 Å². The number of rotatable bonds is 3. The van der Waals surface area contributed by atoms with Crippen molar-refractivity contribution in [3.63, 3.8) is 0 Å². The lowest BCUT2D eigenvalue weighted by molar-refractivity contribution is -0.122. The van der Waals surface area contributed by atoms with Gasteiger partial charge in [-0.1, -0.05) is 0 Å². The minimum atomic E-state index is -4.78. The van der Waals surface area contributed by atoms with E-state index in [0.29, 0.717) is 0 Å². The molecule has 0 radical (unpaired) electrons. The van der Waals surface area contributed by atoms with Crippen molar-refractivity contribution < 1.29 is 31.9 Å². The van der Waals surface area contributed by atoms with Gasteiger partial charge in [-0.15, -0.1) is 0 Å². The molecule has 20 heavy (non-hydrogen) atoms. The van der Waals surface area contributed by atoms with Crippen LogP contribution in [0.3, 0.4) is 0 Å². The Hall–Kier alpha value is -2.12. The summed E-state index contributed by atoms with van der Waals surface area (Å²) in [6, 6.07) is 3.00. The highest BCUT2D eigenvalue weighted by molar-refractivity contribution is 6.04. The van der Waals surface area contributed by atoms with Crippen molar-refractivity contribution >= 4 is 17.4 Å². The average Bonchev–Trinajstić information content (AvgIpc) is 2.38. The number of alkyl halides is 4. The van der Waals surface area contributed by atoms with Gasteiger partial charge in [0, 0.05) is 5.56 Å². The SMILES string of the molecule is CC1Oc2ccc(C(=O)C(F)(F)C(F)F)cc2NC1=O. The third kappa shape index (κ3) is 2.33. The molecule has 0 aliphatic carbocycles. The molecule has 4 nitrogen and oxygen atoms in total. The fourth-order valence-corrected chi connectivity index (χ4v) is 1.64. The normalized spacial score (nSPS) is 18.3. The zero-order valence-corrected chi connectivity index (χ0v) is 10.1. The van der Waals surface area contributed by atoms with Gasteiger partial charge >= 0.3 is 12.3 Å². The summed E-state index contributed by atoms with van der Waals surface area (Å²) < 4.78 is 55.4. The van der Waals surface area contributed by atoms with Crippen LogP contribution in [0.2, 0.25) is 0 Å². The highest BCUT2D eigenvalue weighted by Crippen LogP contribution is 2.33. The second kappa shape index (κ2) is 4.77. The molecule has 1 aliphatic rings. The molecule has 0 bridgehead atoms. The van der Waals surface area contributed by atoms with Crippen LogP contribution < -0.4 is 10.1 Å². The summed E-state index contributed by atoms with van der Waals surface area (Å²) in [7, 11) is 0. The maximum atomic E-state index is 13.0. The maximum absolute atomic E-state index is 13.0. The van der Waals surface area contributed by atoms with Gasteiger partial charge in [-0.3, -0.25) is 9.59 Å². The van der Waals surface area contributed by atoms with Crippen molar-refractivity contribution in [2.24, 2.45) is 0 Å². The molecule has 8 heteroatoms. The summed E-state index contributed by atoms with van der Waals surface area (Å²) in [6.07, 6.45) is -4.87. The van der Waals surface area contributed by atoms with E-state index in [0.717, 1.165) is 12.1 Å². The first kappa shape index (κ1) is 14.3. The molecule has 0 saturated carbocycles. The molecule has 108 valence electrons. The Morgan fingerprint density at radius 1 is 1.40 bits per heavy atom. The van der Waals surface area contributed by atoms with Gasteiger partial charge in [0.05, 0.1) is 5.69 Å². The highest BCUT2D eigenvalue weighted by Gasteiger charge is 2.49. The van der Waals surface area contributed by atoms with Crippen LogP contribution in [-0.4, -0.2) is 30.1 Å². The fraction of sp³-hybridized carbons (Fsp3) is 0.333. The third-order valence-electron chi connectivity index (χ3n) is 2.75. The zero-order chi connectivity index (χ0) is 15.1. The maximum Gasteiger partial charge on any atom is 0.368 e.